The first-order chi connectivity index (χ1) is 13.5. The zero-order valence-electron chi connectivity index (χ0n) is 16.4. The summed E-state index contributed by atoms with van der Waals surface area (Å²) in [5.74, 6) is 0.628. The van der Waals surface area contributed by atoms with Crippen LogP contribution in [0.2, 0.25) is 0 Å². The fraction of sp³-hybridized carbons (Fsp3) is 0.364. The van der Waals surface area contributed by atoms with E-state index in [0.717, 1.165) is 29.1 Å². The number of carbonyl (C=O) groups is 2. The zero-order valence-corrected chi connectivity index (χ0v) is 16.4. The number of carbonyl (C=O) groups excluding carboxylic acids is 2. The second kappa shape index (κ2) is 9.37. The Morgan fingerprint density at radius 2 is 1.79 bits per heavy atom. The average Bonchev–Trinajstić information content (AvgIpc) is 3.51. The normalized spacial score (nSPS) is 15.4. The third kappa shape index (κ3) is 6.09. The molecule has 0 bridgehead atoms. The van der Waals surface area contributed by atoms with Crippen molar-refractivity contribution in [1.82, 2.24) is 5.32 Å². The zero-order chi connectivity index (χ0) is 19.9. The molecule has 0 heterocycles. The van der Waals surface area contributed by atoms with E-state index in [1.165, 1.54) is 0 Å². The Labute approximate surface area is 165 Å². The third-order valence-electron chi connectivity index (χ3n) is 4.88. The maximum Gasteiger partial charge on any atom is 0.282 e. The molecular formula is C22H28N3O3+. The highest BCUT2D eigenvalue weighted by molar-refractivity contribution is 5.93. The van der Waals surface area contributed by atoms with Gasteiger partial charge in [0.2, 0.25) is 0 Å². The molecule has 0 saturated heterocycles. The molecule has 2 aromatic carbocycles. The van der Waals surface area contributed by atoms with Gasteiger partial charge in [-0.3, -0.25) is 9.59 Å². The van der Waals surface area contributed by atoms with Gasteiger partial charge in [-0.1, -0.05) is 30.3 Å². The average molecular weight is 382 g/mol. The number of hydrogen-bond acceptors (Lipinski definition) is 3. The van der Waals surface area contributed by atoms with E-state index in [1.54, 1.807) is 0 Å². The topological polar surface area (TPSA) is 71.9 Å². The van der Waals surface area contributed by atoms with E-state index in [-0.39, 0.29) is 24.4 Å². The molecule has 2 amide bonds. The van der Waals surface area contributed by atoms with Crippen LogP contribution in [0.3, 0.4) is 0 Å². The second-order valence-electron chi connectivity index (χ2n) is 7.37. The lowest BCUT2D eigenvalue weighted by Crippen LogP contribution is -3.15. The van der Waals surface area contributed by atoms with Crippen molar-refractivity contribution in [2.45, 2.75) is 38.5 Å². The number of anilines is 1. The van der Waals surface area contributed by atoms with Crippen LogP contribution in [-0.4, -0.2) is 37.5 Å². The predicted molar refractivity (Wildman–Crippen MR) is 108 cm³/mol. The Hall–Kier alpha value is -2.86. The van der Waals surface area contributed by atoms with Crippen LogP contribution < -0.4 is 20.3 Å². The van der Waals surface area contributed by atoms with Crippen LogP contribution in [0, 0.1) is 0 Å². The number of benzene rings is 2. The molecule has 6 nitrogen and oxygen atoms in total. The van der Waals surface area contributed by atoms with Crippen molar-refractivity contribution in [3.63, 3.8) is 0 Å². The van der Waals surface area contributed by atoms with Crippen LogP contribution in [0.1, 0.15) is 25.3 Å². The molecule has 3 rings (SSSR count). The second-order valence-corrected chi connectivity index (χ2v) is 7.37. The summed E-state index contributed by atoms with van der Waals surface area (Å²) < 4.78 is 5.76. The van der Waals surface area contributed by atoms with E-state index in [1.807, 2.05) is 68.6 Å². The van der Waals surface area contributed by atoms with Crippen molar-refractivity contribution >= 4 is 17.5 Å². The van der Waals surface area contributed by atoms with Crippen molar-refractivity contribution < 1.29 is 19.2 Å². The largest absolute Gasteiger partial charge is 0.489 e. The molecule has 6 heteroatoms. The van der Waals surface area contributed by atoms with Crippen molar-refractivity contribution in [2.24, 2.45) is 0 Å². The fourth-order valence-electron chi connectivity index (χ4n) is 2.76. The predicted octanol–water partition coefficient (Wildman–Crippen LogP) is 1.39. The van der Waals surface area contributed by atoms with Crippen LogP contribution in [0.15, 0.2) is 54.6 Å². The first kappa shape index (κ1) is 19.9. The van der Waals surface area contributed by atoms with Gasteiger partial charge in [0.25, 0.3) is 11.8 Å². The Morgan fingerprint density at radius 1 is 1.11 bits per heavy atom. The molecule has 1 unspecified atom stereocenters. The van der Waals surface area contributed by atoms with E-state index in [9.17, 15) is 9.59 Å². The quantitative estimate of drug-likeness (QED) is 0.614. The van der Waals surface area contributed by atoms with Gasteiger partial charge in [-0.25, -0.2) is 0 Å². The molecule has 2 atom stereocenters. The Balaban J connectivity index is 1.45. The summed E-state index contributed by atoms with van der Waals surface area (Å²) in [6, 6.07) is 17.3. The Bertz CT molecular complexity index is 788. The van der Waals surface area contributed by atoms with Crippen molar-refractivity contribution in [3.05, 3.63) is 60.2 Å². The molecule has 0 aromatic heterocycles. The molecule has 1 fully saturated rings. The van der Waals surface area contributed by atoms with Gasteiger partial charge in [0.1, 0.15) is 12.4 Å². The lowest BCUT2D eigenvalue weighted by Gasteiger charge is -2.20. The molecule has 3 N–H and O–H groups in total. The number of ether oxygens (including phenoxy) is 1. The van der Waals surface area contributed by atoms with Crippen LogP contribution in [0.5, 0.6) is 5.75 Å². The minimum absolute atomic E-state index is 0.000400. The van der Waals surface area contributed by atoms with E-state index in [2.05, 4.69) is 10.6 Å². The molecule has 28 heavy (non-hydrogen) atoms. The summed E-state index contributed by atoms with van der Waals surface area (Å²) in [6.07, 6.45) is 2.12. The molecule has 0 aliphatic heterocycles. The summed E-state index contributed by atoms with van der Waals surface area (Å²) in [6.45, 7) is 2.62. The van der Waals surface area contributed by atoms with E-state index < -0.39 is 0 Å². The number of quaternary nitrogens is 1. The Kier molecular flexibility index (Phi) is 6.66. The van der Waals surface area contributed by atoms with Crippen LogP contribution in [-0.2, 0) is 16.2 Å². The maximum absolute atomic E-state index is 12.5. The Morgan fingerprint density at radius 3 is 2.43 bits per heavy atom. The summed E-state index contributed by atoms with van der Waals surface area (Å²) in [4.78, 5) is 25.2. The van der Waals surface area contributed by atoms with E-state index in [4.69, 9.17) is 4.74 Å². The number of likely N-dealkylation sites (N-methyl/N-ethyl adjacent to an activating group) is 1. The van der Waals surface area contributed by atoms with Gasteiger partial charge in [-0.15, -0.1) is 0 Å². The third-order valence-corrected chi connectivity index (χ3v) is 4.88. The lowest BCUT2D eigenvalue weighted by atomic mass is 10.2. The molecule has 148 valence electrons. The summed E-state index contributed by atoms with van der Waals surface area (Å²) >= 11 is 0. The SMILES string of the molecule is C[C@@H](C(=O)Nc1ccc(OCc2ccccc2)cc1)[NH+](C)CC(=O)NC1CC1. The van der Waals surface area contributed by atoms with Gasteiger partial charge in [-0.05, 0) is 49.6 Å². The first-order valence-corrected chi connectivity index (χ1v) is 9.70. The smallest absolute Gasteiger partial charge is 0.282 e. The van der Waals surface area contributed by atoms with E-state index >= 15 is 0 Å². The van der Waals surface area contributed by atoms with Gasteiger partial charge >= 0.3 is 0 Å². The summed E-state index contributed by atoms with van der Waals surface area (Å²) in [7, 11) is 1.86. The molecule has 1 aliphatic carbocycles. The number of rotatable bonds is 9. The number of amides is 2. The highest BCUT2D eigenvalue weighted by Gasteiger charge is 2.27. The van der Waals surface area contributed by atoms with Crippen LogP contribution in [0.25, 0.3) is 0 Å². The first-order valence-electron chi connectivity index (χ1n) is 9.70. The molecule has 0 spiro atoms. The summed E-state index contributed by atoms with van der Waals surface area (Å²) in [5, 5.41) is 5.86. The number of hydrogen-bond donors (Lipinski definition) is 3. The highest BCUT2D eigenvalue weighted by atomic mass is 16.5. The molecule has 0 radical (unpaired) electrons. The standard InChI is InChI=1S/C22H27N3O3/c1-16(25(2)14-21(26)23-18-8-9-18)22(27)24-19-10-12-20(13-11-19)28-15-17-6-4-3-5-7-17/h3-7,10-13,16,18H,8-9,14-15H2,1-2H3,(H,23,26)(H,24,27)/p+1/t16-/m0/s1. The van der Waals surface area contributed by atoms with Crippen LogP contribution >= 0.6 is 0 Å². The van der Waals surface area contributed by atoms with Gasteiger partial charge in [0, 0.05) is 11.7 Å². The molecular weight excluding hydrogens is 354 g/mol. The minimum Gasteiger partial charge on any atom is -0.489 e. The molecule has 2 aromatic rings. The fourth-order valence-corrected chi connectivity index (χ4v) is 2.76. The van der Waals surface area contributed by atoms with Gasteiger partial charge < -0.3 is 20.3 Å². The van der Waals surface area contributed by atoms with Crippen molar-refractivity contribution in [1.29, 1.82) is 0 Å². The van der Waals surface area contributed by atoms with Crippen molar-refractivity contribution in [3.8, 4) is 5.75 Å². The van der Waals surface area contributed by atoms with Crippen LogP contribution in [0.4, 0.5) is 5.69 Å². The number of nitrogens with one attached hydrogen (secondary N) is 3. The monoisotopic (exact) mass is 382 g/mol. The lowest BCUT2D eigenvalue weighted by molar-refractivity contribution is -0.885. The molecule has 1 saturated carbocycles. The summed E-state index contributed by atoms with van der Waals surface area (Å²) in [5.41, 5.74) is 1.81. The maximum atomic E-state index is 12.5. The van der Waals surface area contributed by atoms with Gasteiger partial charge in [-0.2, -0.15) is 0 Å². The molecule has 1 aliphatic rings. The van der Waals surface area contributed by atoms with Gasteiger partial charge in [0.15, 0.2) is 12.6 Å². The van der Waals surface area contributed by atoms with Crippen molar-refractivity contribution in [2.75, 3.05) is 18.9 Å². The minimum atomic E-state index is -0.334. The van der Waals surface area contributed by atoms with E-state index in [0.29, 0.717) is 18.3 Å². The highest BCUT2D eigenvalue weighted by Crippen LogP contribution is 2.18. The van der Waals surface area contributed by atoms with Gasteiger partial charge in [0.05, 0.1) is 7.05 Å².